The van der Waals surface area contributed by atoms with Crippen LogP contribution in [0.5, 0.6) is 0 Å². The van der Waals surface area contributed by atoms with E-state index in [2.05, 4.69) is 0 Å². The molecule has 18 heavy (non-hydrogen) atoms. The van der Waals surface area contributed by atoms with Gasteiger partial charge in [-0.25, -0.2) is 8.42 Å². The van der Waals surface area contributed by atoms with Crippen molar-refractivity contribution in [1.29, 1.82) is 0 Å². The zero-order valence-electron chi connectivity index (χ0n) is 11.3. The molecule has 0 aliphatic carbocycles. The quantitative estimate of drug-likeness (QED) is 0.886. The lowest BCUT2D eigenvalue weighted by molar-refractivity contribution is 0.236. The Hall–Kier alpha value is -0.910. The third-order valence-electron chi connectivity index (χ3n) is 2.98. The van der Waals surface area contributed by atoms with Gasteiger partial charge in [-0.1, -0.05) is 6.07 Å². The Morgan fingerprint density at radius 3 is 2.28 bits per heavy atom. The summed E-state index contributed by atoms with van der Waals surface area (Å²) < 4.78 is 26.2. The number of sulfonamides is 1. The Balaban J connectivity index is 3.22. The molecule has 0 fully saturated rings. The molecule has 0 aliphatic rings. The van der Waals surface area contributed by atoms with Gasteiger partial charge >= 0.3 is 0 Å². The molecule has 4 nitrogen and oxygen atoms in total. The van der Waals surface area contributed by atoms with E-state index in [0.29, 0.717) is 0 Å². The first kappa shape index (κ1) is 15.1. The maximum absolute atomic E-state index is 12.4. The van der Waals surface area contributed by atoms with E-state index in [1.54, 1.807) is 32.0 Å². The molecule has 0 saturated heterocycles. The average molecular weight is 271 g/mol. The molecule has 0 bridgehead atoms. The van der Waals surface area contributed by atoms with Gasteiger partial charge in [0.1, 0.15) is 0 Å². The monoisotopic (exact) mass is 271 g/mol. The van der Waals surface area contributed by atoms with Crippen molar-refractivity contribution in [1.82, 2.24) is 4.31 Å². The molecule has 0 spiro atoms. The van der Waals surface area contributed by atoms with Crippen molar-refractivity contribution in [3.8, 4) is 0 Å². The third kappa shape index (κ3) is 3.10. The minimum atomic E-state index is -3.53. The molecule has 0 atom stereocenters. The minimum absolute atomic E-state index is 0.118. The van der Waals surface area contributed by atoms with Crippen LogP contribution in [0.25, 0.3) is 0 Å². The summed E-state index contributed by atoms with van der Waals surface area (Å²) in [5.41, 5.74) is 2.01. The molecule has 0 aliphatic heterocycles. The van der Waals surface area contributed by atoms with E-state index in [1.165, 1.54) is 4.31 Å². The van der Waals surface area contributed by atoms with E-state index in [1.807, 2.05) is 13.8 Å². The number of aryl methyl sites for hydroxylation is 2. The van der Waals surface area contributed by atoms with Crippen LogP contribution < -0.4 is 0 Å². The van der Waals surface area contributed by atoms with Gasteiger partial charge in [-0.15, -0.1) is 0 Å². The van der Waals surface area contributed by atoms with Crippen LogP contribution in [0.3, 0.4) is 0 Å². The summed E-state index contributed by atoms with van der Waals surface area (Å²) >= 11 is 0. The summed E-state index contributed by atoms with van der Waals surface area (Å²) in [5.74, 6) is 0. The maximum atomic E-state index is 12.4. The first-order chi connectivity index (χ1) is 8.30. The van der Waals surface area contributed by atoms with Gasteiger partial charge < -0.3 is 5.11 Å². The van der Waals surface area contributed by atoms with E-state index >= 15 is 0 Å². The predicted molar refractivity (Wildman–Crippen MR) is 72.0 cm³/mol. The number of aliphatic hydroxyl groups excluding tert-OH is 1. The first-order valence-corrected chi connectivity index (χ1v) is 7.44. The molecular weight excluding hydrogens is 250 g/mol. The van der Waals surface area contributed by atoms with Crippen molar-refractivity contribution in [2.24, 2.45) is 0 Å². The van der Waals surface area contributed by atoms with Gasteiger partial charge in [0.25, 0.3) is 0 Å². The summed E-state index contributed by atoms with van der Waals surface area (Å²) in [4.78, 5) is 0.285. The molecule has 1 rings (SSSR count). The highest BCUT2D eigenvalue weighted by molar-refractivity contribution is 7.89. The largest absolute Gasteiger partial charge is 0.395 e. The van der Waals surface area contributed by atoms with Crippen molar-refractivity contribution >= 4 is 10.0 Å². The molecule has 1 aromatic rings. The molecule has 5 heteroatoms. The molecule has 102 valence electrons. The SMILES string of the molecule is Cc1ccc(S(=O)(=O)N(CCO)C(C)C)cc1C. The highest BCUT2D eigenvalue weighted by Gasteiger charge is 2.26. The van der Waals surface area contributed by atoms with Gasteiger partial charge in [0, 0.05) is 12.6 Å². The molecular formula is C13H21NO3S. The van der Waals surface area contributed by atoms with Crippen LogP contribution in [-0.2, 0) is 10.0 Å². The first-order valence-electron chi connectivity index (χ1n) is 6.00. The molecule has 0 aromatic heterocycles. The normalized spacial score (nSPS) is 12.4. The fraction of sp³-hybridized carbons (Fsp3) is 0.538. The second kappa shape index (κ2) is 5.82. The predicted octanol–water partition coefficient (Wildman–Crippen LogP) is 1.69. The van der Waals surface area contributed by atoms with Crippen LogP contribution in [0.15, 0.2) is 23.1 Å². The zero-order valence-corrected chi connectivity index (χ0v) is 12.2. The summed E-state index contributed by atoms with van der Waals surface area (Å²) in [6, 6.07) is 4.92. The van der Waals surface area contributed by atoms with E-state index < -0.39 is 10.0 Å². The van der Waals surface area contributed by atoms with Crippen LogP contribution in [0.2, 0.25) is 0 Å². The van der Waals surface area contributed by atoms with Gasteiger partial charge in [-0.05, 0) is 51.0 Å². The zero-order chi connectivity index (χ0) is 13.9. The van der Waals surface area contributed by atoms with Crippen LogP contribution in [0.1, 0.15) is 25.0 Å². The van der Waals surface area contributed by atoms with Crippen molar-refractivity contribution in [2.45, 2.75) is 38.6 Å². The molecule has 0 unspecified atom stereocenters. The Kier molecular flexibility index (Phi) is 4.90. The molecule has 0 heterocycles. The highest BCUT2D eigenvalue weighted by Crippen LogP contribution is 2.20. The van der Waals surface area contributed by atoms with Crippen LogP contribution in [-0.4, -0.2) is 37.0 Å². The fourth-order valence-corrected chi connectivity index (χ4v) is 3.48. The fourth-order valence-electron chi connectivity index (χ4n) is 1.76. The second-order valence-corrected chi connectivity index (χ2v) is 6.57. The van der Waals surface area contributed by atoms with Crippen molar-refractivity contribution in [3.63, 3.8) is 0 Å². The summed E-state index contributed by atoms with van der Waals surface area (Å²) in [7, 11) is -3.53. The number of nitrogens with zero attached hydrogens (tertiary/aromatic N) is 1. The number of rotatable bonds is 5. The number of benzene rings is 1. The van der Waals surface area contributed by atoms with E-state index in [0.717, 1.165) is 11.1 Å². The van der Waals surface area contributed by atoms with Gasteiger partial charge in [-0.2, -0.15) is 4.31 Å². The van der Waals surface area contributed by atoms with Gasteiger partial charge in [0.05, 0.1) is 11.5 Å². The number of hydrogen-bond donors (Lipinski definition) is 1. The highest BCUT2D eigenvalue weighted by atomic mass is 32.2. The minimum Gasteiger partial charge on any atom is -0.395 e. The van der Waals surface area contributed by atoms with Crippen LogP contribution in [0.4, 0.5) is 0 Å². The molecule has 1 aromatic carbocycles. The van der Waals surface area contributed by atoms with E-state index in [-0.39, 0.29) is 24.1 Å². The van der Waals surface area contributed by atoms with Gasteiger partial charge in [-0.3, -0.25) is 0 Å². The molecule has 0 saturated carbocycles. The number of aliphatic hydroxyl groups is 1. The summed E-state index contributed by atoms with van der Waals surface area (Å²) in [5, 5.41) is 8.99. The van der Waals surface area contributed by atoms with Gasteiger partial charge in [0.15, 0.2) is 0 Å². The number of hydrogen-bond acceptors (Lipinski definition) is 3. The van der Waals surface area contributed by atoms with Crippen molar-refractivity contribution in [3.05, 3.63) is 29.3 Å². The Bertz CT molecular complexity index is 509. The molecule has 0 amide bonds. The Labute approximate surface area is 109 Å². The van der Waals surface area contributed by atoms with Gasteiger partial charge in [0.2, 0.25) is 10.0 Å². The summed E-state index contributed by atoms with van der Waals surface area (Å²) in [6.07, 6.45) is 0. The van der Waals surface area contributed by atoms with E-state index in [4.69, 9.17) is 5.11 Å². The van der Waals surface area contributed by atoms with Crippen molar-refractivity contribution < 1.29 is 13.5 Å². The lowest BCUT2D eigenvalue weighted by Crippen LogP contribution is -2.38. The van der Waals surface area contributed by atoms with Crippen molar-refractivity contribution in [2.75, 3.05) is 13.2 Å². The Morgan fingerprint density at radius 1 is 1.22 bits per heavy atom. The summed E-state index contributed by atoms with van der Waals surface area (Å²) in [6.45, 7) is 7.37. The smallest absolute Gasteiger partial charge is 0.243 e. The average Bonchev–Trinajstić information content (AvgIpc) is 2.28. The maximum Gasteiger partial charge on any atom is 0.243 e. The lowest BCUT2D eigenvalue weighted by atomic mass is 10.1. The second-order valence-electron chi connectivity index (χ2n) is 4.68. The van der Waals surface area contributed by atoms with Crippen LogP contribution in [0, 0.1) is 13.8 Å². The molecule has 0 radical (unpaired) electrons. The lowest BCUT2D eigenvalue weighted by Gasteiger charge is -2.25. The van der Waals surface area contributed by atoms with E-state index in [9.17, 15) is 8.42 Å². The standard InChI is InChI=1S/C13H21NO3S/c1-10(2)14(7-8-15)18(16,17)13-6-5-11(3)12(4)9-13/h5-6,9-10,15H,7-8H2,1-4H3. The Morgan fingerprint density at radius 2 is 1.83 bits per heavy atom. The third-order valence-corrected chi connectivity index (χ3v) is 5.05. The topological polar surface area (TPSA) is 57.6 Å². The molecule has 1 N–H and O–H groups in total. The van der Waals surface area contributed by atoms with Crippen LogP contribution >= 0.6 is 0 Å².